The lowest BCUT2D eigenvalue weighted by atomic mass is 10.1. The molecule has 1 aliphatic rings. The number of benzene rings is 1. The first kappa shape index (κ1) is 13.7. The number of hydrogen-bond donors (Lipinski definition) is 1. The molecule has 108 valence electrons. The van der Waals surface area contributed by atoms with E-state index in [2.05, 4.69) is 10.3 Å². The second-order valence-electron chi connectivity index (χ2n) is 4.66. The zero-order chi connectivity index (χ0) is 14.8. The van der Waals surface area contributed by atoms with Gasteiger partial charge < -0.3 is 14.8 Å². The third-order valence-corrected chi connectivity index (χ3v) is 3.33. The fourth-order valence-corrected chi connectivity index (χ4v) is 2.17. The summed E-state index contributed by atoms with van der Waals surface area (Å²) in [4.78, 5) is 16.3. The minimum Gasteiger partial charge on any atom is -0.486 e. The van der Waals surface area contributed by atoms with Crippen molar-refractivity contribution < 1.29 is 14.3 Å². The summed E-state index contributed by atoms with van der Waals surface area (Å²) in [6, 6.07) is 6.83. The first-order valence-corrected chi connectivity index (χ1v) is 6.84. The molecular weight excluding hydrogens is 292 g/mol. The average Bonchev–Trinajstić information content (AvgIpc) is 2.50. The lowest BCUT2D eigenvalue weighted by molar-refractivity contribution is 0.102. The van der Waals surface area contributed by atoms with E-state index >= 15 is 0 Å². The van der Waals surface area contributed by atoms with Crippen LogP contribution in [0.3, 0.4) is 0 Å². The summed E-state index contributed by atoms with van der Waals surface area (Å²) in [5.41, 5.74) is 1.87. The maximum atomic E-state index is 12.3. The van der Waals surface area contributed by atoms with Crippen molar-refractivity contribution in [2.75, 3.05) is 18.5 Å². The predicted octanol–water partition coefficient (Wildman–Crippen LogP) is 3.07. The van der Waals surface area contributed by atoms with Crippen molar-refractivity contribution in [3.8, 4) is 11.5 Å². The molecule has 1 aromatic heterocycles. The Kier molecular flexibility index (Phi) is 3.66. The van der Waals surface area contributed by atoms with Gasteiger partial charge in [-0.2, -0.15) is 0 Å². The molecule has 1 amide bonds. The minimum absolute atomic E-state index is 0.256. The van der Waals surface area contributed by atoms with Gasteiger partial charge in [-0.25, -0.2) is 4.98 Å². The van der Waals surface area contributed by atoms with E-state index in [1.165, 1.54) is 0 Å². The molecule has 0 fully saturated rings. The van der Waals surface area contributed by atoms with Crippen LogP contribution in [0, 0.1) is 6.92 Å². The zero-order valence-electron chi connectivity index (χ0n) is 11.4. The number of fused-ring (bicyclic) bond motifs is 1. The molecule has 6 heteroatoms. The van der Waals surface area contributed by atoms with Crippen LogP contribution < -0.4 is 14.8 Å². The van der Waals surface area contributed by atoms with Crippen molar-refractivity contribution >= 4 is 23.2 Å². The highest BCUT2D eigenvalue weighted by Gasteiger charge is 2.16. The van der Waals surface area contributed by atoms with Crippen molar-refractivity contribution in [1.29, 1.82) is 0 Å². The van der Waals surface area contributed by atoms with E-state index < -0.39 is 0 Å². The predicted molar refractivity (Wildman–Crippen MR) is 79.4 cm³/mol. The van der Waals surface area contributed by atoms with Crippen LogP contribution in [0.2, 0.25) is 5.15 Å². The Morgan fingerprint density at radius 1 is 1.24 bits per heavy atom. The molecule has 0 aliphatic carbocycles. The Morgan fingerprint density at radius 3 is 2.81 bits per heavy atom. The van der Waals surface area contributed by atoms with Gasteiger partial charge in [0, 0.05) is 11.8 Å². The molecule has 1 N–H and O–H groups in total. The fraction of sp³-hybridized carbons (Fsp3) is 0.200. The number of carbonyl (C=O) groups excluding carboxylic acids is 1. The number of pyridine rings is 1. The molecular formula is C15H13ClN2O3. The first-order chi connectivity index (χ1) is 10.1. The molecule has 21 heavy (non-hydrogen) atoms. The minimum atomic E-state index is -0.277. The van der Waals surface area contributed by atoms with E-state index in [-0.39, 0.29) is 11.1 Å². The van der Waals surface area contributed by atoms with Gasteiger partial charge in [0.05, 0.1) is 5.69 Å². The van der Waals surface area contributed by atoms with E-state index in [4.69, 9.17) is 21.1 Å². The van der Waals surface area contributed by atoms with Crippen LogP contribution in [0.5, 0.6) is 11.5 Å². The maximum Gasteiger partial charge on any atom is 0.255 e. The van der Waals surface area contributed by atoms with Crippen LogP contribution in [0.25, 0.3) is 0 Å². The number of aromatic nitrogens is 1. The van der Waals surface area contributed by atoms with E-state index in [1.54, 1.807) is 30.5 Å². The highest BCUT2D eigenvalue weighted by atomic mass is 35.5. The third-order valence-electron chi connectivity index (χ3n) is 3.03. The maximum absolute atomic E-state index is 12.3. The molecule has 1 aliphatic heterocycles. The Hall–Kier alpha value is -2.27. The summed E-state index contributed by atoms with van der Waals surface area (Å²) in [6.45, 7) is 2.87. The monoisotopic (exact) mass is 304 g/mol. The topological polar surface area (TPSA) is 60.5 Å². The van der Waals surface area contributed by atoms with Crippen LogP contribution in [0.4, 0.5) is 5.69 Å². The quantitative estimate of drug-likeness (QED) is 0.866. The number of halogens is 1. The molecule has 1 aromatic carbocycles. The summed E-state index contributed by atoms with van der Waals surface area (Å²) in [7, 11) is 0. The summed E-state index contributed by atoms with van der Waals surface area (Å²) in [5, 5.41) is 3.00. The first-order valence-electron chi connectivity index (χ1n) is 6.46. The van der Waals surface area contributed by atoms with Crippen LogP contribution >= 0.6 is 11.6 Å². The SMILES string of the molecule is Cc1cnc(Cl)c(NC(=O)c2ccc3c(c2)OCCO3)c1. The van der Waals surface area contributed by atoms with Gasteiger partial charge in [-0.15, -0.1) is 0 Å². The lowest BCUT2D eigenvalue weighted by Crippen LogP contribution is -2.17. The summed E-state index contributed by atoms with van der Waals surface area (Å²) in [5.74, 6) is 0.941. The molecule has 0 radical (unpaired) electrons. The average molecular weight is 305 g/mol. The Labute approximate surface area is 126 Å². The molecule has 0 saturated heterocycles. The number of anilines is 1. The highest BCUT2D eigenvalue weighted by molar-refractivity contribution is 6.32. The van der Waals surface area contributed by atoms with E-state index in [9.17, 15) is 4.79 Å². The molecule has 2 aromatic rings. The van der Waals surface area contributed by atoms with Gasteiger partial charge in [0.2, 0.25) is 0 Å². The number of hydrogen-bond acceptors (Lipinski definition) is 4. The third kappa shape index (κ3) is 2.92. The van der Waals surface area contributed by atoms with Crippen molar-refractivity contribution in [1.82, 2.24) is 4.98 Å². The van der Waals surface area contributed by atoms with Crippen molar-refractivity contribution in [3.63, 3.8) is 0 Å². The number of amides is 1. The summed E-state index contributed by atoms with van der Waals surface area (Å²) in [6.07, 6.45) is 1.64. The van der Waals surface area contributed by atoms with Gasteiger partial charge in [-0.1, -0.05) is 11.6 Å². The van der Waals surface area contributed by atoms with Crippen LogP contribution in [0.15, 0.2) is 30.5 Å². The van der Waals surface area contributed by atoms with Crippen molar-refractivity contribution in [3.05, 3.63) is 46.7 Å². The molecule has 0 atom stereocenters. The Bertz CT molecular complexity index is 703. The number of nitrogens with zero attached hydrogens (tertiary/aromatic N) is 1. The Balaban J connectivity index is 1.83. The van der Waals surface area contributed by atoms with Gasteiger partial charge in [0.15, 0.2) is 16.7 Å². The summed E-state index contributed by atoms with van der Waals surface area (Å²) < 4.78 is 10.9. The smallest absolute Gasteiger partial charge is 0.255 e. The second kappa shape index (κ2) is 5.61. The van der Waals surface area contributed by atoms with Gasteiger partial charge >= 0.3 is 0 Å². The van der Waals surface area contributed by atoms with Crippen LogP contribution in [0.1, 0.15) is 15.9 Å². The second-order valence-corrected chi connectivity index (χ2v) is 5.02. The Morgan fingerprint density at radius 2 is 2.00 bits per heavy atom. The molecule has 3 rings (SSSR count). The van der Waals surface area contributed by atoms with E-state index in [1.807, 2.05) is 6.92 Å². The standard InChI is InChI=1S/C15H13ClN2O3/c1-9-6-11(14(16)17-8-9)18-15(19)10-2-3-12-13(7-10)21-5-4-20-12/h2-3,6-8H,4-5H2,1H3,(H,18,19). The normalized spacial score (nSPS) is 12.9. The number of carbonyl (C=O) groups is 1. The fourth-order valence-electron chi connectivity index (χ4n) is 2.02. The van der Waals surface area contributed by atoms with Crippen molar-refractivity contribution in [2.45, 2.75) is 6.92 Å². The number of rotatable bonds is 2. The molecule has 0 spiro atoms. The van der Waals surface area contributed by atoms with Gasteiger partial charge in [-0.3, -0.25) is 4.79 Å². The molecule has 0 saturated carbocycles. The lowest BCUT2D eigenvalue weighted by Gasteiger charge is -2.18. The molecule has 0 unspecified atom stereocenters. The van der Waals surface area contributed by atoms with Gasteiger partial charge in [0.1, 0.15) is 13.2 Å². The van der Waals surface area contributed by atoms with Crippen LogP contribution in [-0.2, 0) is 0 Å². The zero-order valence-corrected chi connectivity index (χ0v) is 12.1. The number of ether oxygens (including phenoxy) is 2. The number of aryl methyl sites for hydroxylation is 1. The highest BCUT2D eigenvalue weighted by Crippen LogP contribution is 2.31. The van der Waals surface area contributed by atoms with Crippen LogP contribution in [-0.4, -0.2) is 24.1 Å². The van der Waals surface area contributed by atoms with E-state index in [0.29, 0.717) is 36.0 Å². The number of nitrogens with one attached hydrogen (secondary N) is 1. The van der Waals surface area contributed by atoms with Gasteiger partial charge in [0.25, 0.3) is 5.91 Å². The van der Waals surface area contributed by atoms with E-state index in [0.717, 1.165) is 5.56 Å². The van der Waals surface area contributed by atoms with Gasteiger partial charge in [-0.05, 0) is 36.8 Å². The largest absolute Gasteiger partial charge is 0.486 e. The molecule has 2 heterocycles. The summed E-state index contributed by atoms with van der Waals surface area (Å²) >= 11 is 5.97. The van der Waals surface area contributed by atoms with Crippen molar-refractivity contribution in [2.24, 2.45) is 0 Å². The molecule has 0 bridgehead atoms. The molecule has 5 nitrogen and oxygen atoms in total.